The normalized spacial score (nSPS) is 15.6. The summed E-state index contributed by atoms with van der Waals surface area (Å²) in [7, 11) is 3.90. The zero-order chi connectivity index (χ0) is 11.7. The van der Waals surface area contributed by atoms with E-state index >= 15 is 0 Å². The van der Waals surface area contributed by atoms with Crippen LogP contribution in [-0.4, -0.2) is 26.5 Å². The molecule has 1 aliphatic heterocycles. The third kappa shape index (κ3) is 1.83. The van der Waals surface area contributed by atoms with Crippen LogP contribution in [0.2, 0.25) is 0 Å². The molecule has 0 aromatic heterocycles. The van der Waals surface area contributed by atoms with Crippen LogP contribution < -0.4 is 15.5 Å². The Balaban J connectivity index is 2.30. The topological polar surface area (TPSA) is 49.6 Å². The molecular formula is C12H17N3O. The van der Waals surface area contributed by atoms with E-state index in [1.54, 1.807) is 4.90 Å². The molecule has 0 bridgehead atoms. The summed E-state index contributed by atoms with van der Waals surface area (Å²) >= 11 is 0. The number of amides is 1. The van der Waals surface area contributed by atoms with Gasteiger partial charge in [0.1, 0.15) is 0 Å². The minimum Gasteiger partial charge on any atom is -0.397 e. The number of rotatable bonds is 2. The highest BCUT2D eigenvalue weighted by Crippen LogP contribution is 2.29. The highest BCUT2D eigenvalue weighted by atomic mass is 16.2. The summed E-state index contributed by atoms with van der Waals surface area (Å²) in [6.07, 6.45) is 1.59. The van der Waals surface area contributed by atoms with Crippen molar-refractivity contribution in [1.29, 1.82) is 0 Å². The second-order valence-electron chi connectivity index (χ2n) is 4.29. The number of nitrogen functional groups attached to an aromatic ring is 1. The molecule has 1 aromatic carbocycles. The van der Waals surface area contributed by atoms with Crippen molar-refractivity contribution < 1.29 is 4.79 Å². The van der Waals surface area contributed by atoms with Gasteiger partial charge in [0.25, 0.3) is 0 Å². The van der Waals surface area contributed by atoms with Crippen LogP contribution in [0.4, 0.5) is 17.1 Å². The minimum atomic E-state index is 0.192. The van der Waals surface area contributed by atoms with Crippen molar-refractivity contribution in [2.24, 2.45) is 0 Å². The van der Waals surface area contributed by atoms with Crippen LogP contribution in [0.25, 0.3) is 0 Å². The highest BCUT2D eigenvalue weighted by Gasteiger charge is 2.22. The molecule has 0 atom stereocenters. The van der Waals surface area contributed by atoms with Gasteiger partial charge in [-0.25, -0.2) is 0 Å². The number of carbonyl (C=O) groups is 1. The fourth-order valence-electron chi connectivity index (χ4n) is 2.04. The van der Waals surface area contributed by atoms with E-state index in [9.17, 15) is 4.79 Å². The van der Waals surface area contributed by atoms with Gasteiger partial charge in [0.05, 0.1) is 11.4 Å². The number of carbonyl (C=O) groups excluding carboxylic acids is 1. The van der Waals surface area contributed by atoms with Crippen molar-refractivity contribution >= 4 is 23.0 Å². The number of nitrogens with zero attached hydrogens (tertiary/aromatic N) is 2. The molecule has 2 rings (SSSR count). The molecule has 2 N–H and O–H groups in total. The van der Waals surface area contributed by atoms with Crippen molar-refractivity contribution in [2.45, 2.75) is 12.8 Å². The van der Waals surface area contributed by atoms with Crippen molar-refractivity contribution in [1.82, 2.24) is 0 Å². The molecule has 1 saturated heterocycles. The van der Waals surface area contributed by atoms with Gasteiger partial charge in [-0.2, -0.15) is 0 Å². The average molecular weight is 219 g/mol. The van der Waals surface area contributed by atoms with Gasteiger partial charge in [0, 0.05) is 32.7 Å². The summed E-state index contributed by atoms with van der Waals surface area (Å²) in [6.45, 7) is 0.805. The molecule has 0 unspecified atom stereocenters. The molecule has 4 heteroatoms. The molecule has 1 fully saturated rings. The van der Waals surface area contributed by atoms with Crippen molar-refractivity contribution in [3.05, 3.63) is 18.2 Å². The van der Waals surface area contributed by atoms with Crippen LogP contribution in [-0.2, 0) is 4.79 Å². The average Bonchev–Trinajstić information content (AvgIpc) is 2.63. The number of benzene rings is 1. The Hall–Kier alpha value is -1.71. The van der Waals surface area contributed by atoms with Gasteiger partial charge < -0.3 is 15.5 Å². The molecule has 1 amide bonds. The summed E-state index contributed by atoms with van der Waals surface area (Å²) in [4.78, 5) is 15.3. The van der Waals surface area contributed by atoms with Crippen molar-refractivity contribution in [3.8, 4) is 0 Å². The Morgan fingerprint density at radius 1 is 1.38 bits per heavy atom. The van der Waals surface area contributed by atoms with Gasteiger partial charge in [-0.1, -0.05) is 0 Å². The van der Waals surface area contributed by atoms with Gasteiger partial charge in [-0.05, 0) is 24.6 Å². The van der Waals surface area contributed by atoms with Crippen LogP contribution in [0.1, 0.15) is 12.8 Å². The molecule has 0 spiro atoms. The summed E-state index contributed by atoms with van der Waals surface area (Å²) in [5.41, 5.74) is 8.56. The zero-order valence-corrected chi connectivity index (χ0v) is 9.73. The SMILES string of the molecule is CN(C)c1ccc(N2CCCC2=O)cc1N. The monoisotopic (exact) mass is 219 g/mol. The molecule has 1 aliphatic rings. The fourth-order valence-corrected chi connectivity index (χ4v) is 2.04. The Kier molecular flexibility index (Phi) is 2.73. The van der Waals surface area contributed by atoms with E-state index in [-0.39, 0.29) is 5.91 Å². The number of hydrogen-bond donors (Lipinski definition) is 1. The molecule has 0 saturated carbocycles. The summed E-state index contributed by atoms with van der Waals surface area (Å²) in [6, 6.07) is 5.78. The highest BCUT2D eigenvalue weighted by molar-refractivity contribution is 5.96. The van der Waals surface area contributed by atoms with Gasteiger partial charge in [0.15, 0.2) is 0 Å². The smallest absolute Gasteiger partial charge is 0.227 e. The molecule has 86 valence electrons. The Morgan fingerprint density at radius 2 is 2.12 bits per heavy atom. The van der Waals surface area contributed by atoms with Crippen molar-refractivity contribution in [2.75, 3.05) is 36.2 Å². The second kappa shape index (κ2) is 4.04. The van der Waals surface area contributed by atoms with Crippen LogP contribution in [0, 0.1) is 0 Å². The first-order valence-electron chi connectivity index (χ1n) is 5.47. The molecule has 16 heavy (non-hydrogen) atoms. The summed E-state index contributed by atoms with van der Waals surface area (Å²) in [5.74, 6) is 0.192. The van der Waals surface area contributed by atoms with Crippen LogP contribution in [0.15, 0.2) is 18.2 Å². The van der Waals surface area contributed by atoms with E-state index in [0.29, 0.717) is 12.1 Å². The Morgan fingerprint density at radius 3 is 2.62 bits per heavy atom. The molecule has 4 nitrogen and oxygen atoms in total. The lowest BCUT2D eigenvalue weighted by Gasteiger charge is -2.20. The van der Waals surface area contributed by atoms with E-state index in [1.807, 2.05) is 37.2 Å². The van der Waals surface area contributed by atoms with Crippen LogP contribution in [0.5, 0.6) is 0 Å². The summed E-state index contributed by atoms with van der Waals surface area (Å²) in [5, 5.41) is 0. The largest absolute Gasteiger partial charge is 0.397 e. The van der Waals surface area contributed by atoms with Crippen LogP contribution in [0.3, 0.4) is 0 Å². The van der Waals surface area contributed by atoms with Gasteiger partial charge in [-0.3, -0.25) is 4.79 Å². The van der Waals surface area contributed by atoms with E-state index in [2.05, 4.69) is 0 Å². The van der Waals surface area contributed by atoms with E-state index in [0.717, 1.165) is 24.3 Å². The quantitative estimate of drug-likeness (QED) is 0.766. The number of nitrogens with two attached hydrogens (primary N) is 1. The first kappa shape index (κ1) is 10.8. The zero-order valence-electron chi connectivity index (χ0n) is 9.73. The maximum atomic E-state index is 11.6. The fraction of sp³-hybridized carbons (Fsp3) is 0.417. The number of anilines is 3. The predicted octanol–water partition coefficient (Wildman–Crippen LogP) is 1.46. The minimum absolute atomic E-state index is 0.192. The lowest BCUT2D eigenvalue weighted by Crippen LogP contribution is -2.24. The first-order chi connectivity index (χ1) is 7.59. The second-order valence-corrected chi connectivity index (χ2v) is 4.29. The predicted molar refractivity (Wildman–Crippen MR) is 66.8 cm³/mol. The summed E-state index contributed by atoms with van der Waals surface area (Å²) < 4.78 is 0. The molecule has 1 heterocycles. The standard InChI is InChI=1S/C12H17N3O/c1-14(2)11-6-5-9(8-10(11)13)15-7-3-4-12(15)16/h5-6,8H,3-4,7,13H2,1-2H3. The maximum Gasteiger partial charge on any atom is 0.227 e. The lowest BCUT2D eigenvalue weighted by molar-refractivity contribution is -0.117. The third-order valence-electron chi connectivity index (χ3n) is 2.88. The van der Waals surface area contributed by atoms with E-state index < -0.39 is 0 Å². The molecule has 0 aliphatic carbocycles. The van der Waals surface area contributed by atoms with Crippen molar-refractivity contribution in [3.63, 3.8) is 0 Å². The van der Waals surface area contributed by atoms with Crippen LogP contribution >= 0.6 is 0 Å². The molecule has 1 aromatic rings. The van der Waals surface area contributed by atoms with E-state index in [4.69, 9.17) is 5.73 Å². The lowest BCUT2D eigenvalue weighted by atomic mass is 10.2. The molecular weight excluding hydrogens is 202 g/mol. The third-order valence-corrected chi connectivity index (χ3v) is 2.88. The maximum absolute atomic E-state index is 11.6. The Labute approximate surface area is 95.6 Å². The van der Waals surface area contributed by atoms with Gasteiger partial charge in [-0.15, -0.1) is 0 Å². The Bertz CT molecular complexity index is 415. The van der Waals surface area contributed by atoms with E-state index in [1.165, 1.54) is 0 Å². The molecule has 0 radical (unpaired) electrons. The van der Waals surface area contributed by atoms with Gasteiger partial charge in [0.2, 0.25) is 5.91 Å². The first-order valence-corrected chi connectivity index (χ1v) is 5.47. The number of hydrogen-bond acceptors (Lipinski definition) is 3. The van der Waals surface area contributed by atoms with Gasteiger partial charge >= 0.3 is 0 Å².